The van der Waals surface area contributed by atoms with Crippen molar-refractivity contribution in [1.82, 2.24) is 0 Å². The van der Waals surface area contributed by atoms with Gasteiger partial charge in [0.2, 0.25) is 0 Å². The van der Waals surface area contributed by atoms with Gasteiger partial charge in [0.15, 0.2) is 0 Å². The van der Waals surface area contributed by atoms with Crippen LogP contribution in [0.25, 0.3) is 0 Å². The Hall–Kier alpha value is -0.950. The van der Waals surface area contributed by atoms with E-state index < -0.39 is 0 Å². The van der Waals surface area contributed by atoms with Gasteiger partial charge in [-0.05, 0) is 12.8 Å². The Labute approximate surface area is 203 Å². The quantitative estimate of drug-likeness (QED) is 0.0798. The molecule has 0 aliphatic carbocycles. The largest absolute Gasteiger partial charge is 0.460 e. The van der Waals surface area contributed by atoms with E-state index in [2.05, 4.69) is 6.92 Å². The van der Waals surface area contributed by atoms with E-state index >= 15 is 0 Å². The molecule has 0 saturated heterocycles. The Kier molecular flexibility index (Phi) is 28.2. The zero-order valence-electron chi connectivity index (χ0n) is 21.7. The Bertz CT molecular complexity index is 413. The molecule has 196 valence electrons. The van der Waals surface area contributed by atoms with Crippen molar-refractivity contribution in [1.29, 1.82) is 0 Å². The van der Waals surface area contributed by atoms with Crippen LogP contribution in [0.3, 0.4) is 0 Å². The number of allylic oxidation sites excluding steroid dienone is 1. The minimum absolute atomic E-state index is 0.266. The van der Waals surface area contributed by atoms with Crippen molar-refractivity contribution in [2.75, 3.05) is 60.0 Å². The van der Waals surface area contributed by atoms with Crippen molar-refractivity contribution in [3.63, 3.8) is 0 Å². The molecule has 0 aliphatic heterocycles. The van der Waals surface area contributed by atoms with Crippen molar-refractivity contribution in [3.8, 4) is 0 Å². The van der Waals surface area contributed by atoms with E-state index in [4.69, 9.17) is 23.7 Å². The maximum atomic E-state index is 11.6. The number of ether oxygens (including phenoxy) is 5. The Morgan fingerprint density at radius 2 is 1.00 bits per heavy atom. The molecule has 0 amide bonds. The smallest absolute Gasteiger partial charge is 0.330 e. The average molecular weight is 473 g/mol. The predicted octanol–water partition coefficient (Wildman–Crippen LogP) is 6.26. The lowest BCUT2D eigenvalue weighted by atomic mass is 10.0. The van der Waals surface area contributed by atoms with Crippen molar-refractivity contribution < 1.29 is 28.5 Å². The van der Waals surface area contributed by atoms with Gasteiger partial charge in [0.1, 0.15) is 6.61 Å². The van der Waals surface area contributed by atoms with Crippen molar-refractivity contribution in [2.45, 2.75) is 96.8 Å². The molecule has 0 aromatic carbocycles. The Balaban J connectivity index is 3.22. The van der Waals surface area contributed by atoms with Crippen LogP contribution in [0.1, 0.15) is 96.8 Å². The van der Waals surface area contributed by atoms with E-state index in [-0.39, 0.29) is 12.6 Å². The summed E-state index contributed by atoms with van der Waals surface area (Å²) >= 11 is 0. The Morgan fingerprint density at radius 3 is 1.48 bits per heavy atom. The number of unbranched alkanes of at least 4 members (excludes halogenated alkanes) is 13. The maximum Gasteiger partial charge on any atom is 0.330 e. The summed E-state index contributed by atoms with van der Waals surface area (Å²) in [7, 11) is 1.64. The number of carbonyl (C=O) groups is 1. The highest BCUT2D eigenvalue weighted by molar-refractivity contribution is 5.81. The minimum Gasteiger partial charge on any atom is -0.460 e. The monoisotopic (exact) mass is 472 g/mol. The van der Waals surface area contributed by atoms with E-state index in [1.54, 1.807) is 7.11 Å². The van der Waals surface area contributed by atoms with Gasteiger partial charge in [-0.2, -0.15) is 0 Å². The molecular weight excluding hydrogens is 420 g/mol. The molecule has 0 heterocycles. The summed E-state index contributed by atoms with van der Waals surface area (Å²) in [6.07, 6.45) is 22.0. The minimum atomic E-state index is -0.294. The first kappa shape index (κ1) is 32.0. The number of hydrogen-bond acceptors (Lipinski definition) is 6. The molecular formula is C27H52O6. The van der Waals surface area contributed by atoms with Gasteiger partial charge in [-0.15, -0.1) is 0 Å². The van der Waals surface area contributed by atoms with Crippen molar-refractivity contribution >= 4 is 5.97 Å². The topological polar surface area (TPSA) is 63.2 Å². The lowest BCUT2D eigenvalue weighted by Gasteiger charge is -2.06. The fourth-order valence-corrected chi connectivity index (χ4v) is 3.39. The lowest BCUT2D eigenvalue weighted by molar-refractivity contribution is -0.139. The molecule has 6 heteroatoms. The second-order valence-corrected chi connectivity index (χ2v) is 8.43. The number of hydrogen-bond donors (Lipinski definition) is 0. The second-order valence-electron chi connectivity index (χ2n) is 8.43. The number of carbonyl (C=O) groups excluding carboxylic acids is 1. The summed E-state index contributed by atoms with van der Waals surface area (Å²) in [5, 5.41) is 0. The van der Waals surface area contributed by atoms with Crippen molar-refractivity contribution in [2.24, 2.45) is 0 Å². The molecule has 0 aliphatic rings. The summed E-state index contributed by atoms with van der Waals surface area (Å²) in [6.45, 7) is 6.15. The summed E-state index contributed by atoms with van der Waals surface area (Å²) in [5.74, 6) is -0.294. The van der Waals surface area contributed by atoms with Crippen LogP contribution in [0, 0.1) is 0 Å². The molecule has 0 aromatic heterocycles. The van der Waals surface area contributed by atoms with Crippen LogP contribution in [-0.2, 0) is 28.5 Å². The molecule has 0 spiro atoms. The zero-order chi connectivity index (χ0) is 24.1. The third-order valence-electron chi connectivity index (χ3n) is 5.38. The molecule has 0 N–H and O–H groups in total. The highest BCUT2D eigenvalue weighted by Crippen LogP contribution is 2.13. The summed E-state index contributed by atoms with van der Waals surface area (Å²) in [4.78, 5) is 11.6. The normalized spacial score (nSPS) is 11.5. The molecule has 0 unspecified atom stereocenters. The first-order valence-corrected chi connectivity index (χ1v) is 13.4. The molecule has 0 fully saturated rings. The van der Waals surface area contributed by atoms with Crippen LogP contribution >= 0.6 is 0 Å². The van der Waals surface area contributed by atoms with Crippen LogP contribution in [0.4, 0.5) is 0 Å². The number of esters is 1. The first-order chi connectivity index (χ1) is 16.3. The van der Waals surface area contributed by atoms with Gasteiger partial charge < -0.3 is 23.7 Å². The number of methoxy groups -OCH3 is 1. The average Bonchev–Trinajstić information content (AvgIpc) is 2.82. The first-order valence-electron chi connectivity index (χ1n) is 13.4. The predicted molar refractivity (Wildman–Crippen MR) is 135 cm³/mol. The lowest BCUT2D eigenvalue weighted by Crippen LogP contribution is -2.13. The summed E-state index contributed by atoms with van der Waals surface area (Å²) in [6, 6.07) is 0. The molecule has 33 heavy (non-hydrogen) atoms. The van der Waals surface area contributed by atoms with Gasteiger partial charge >= 0.3 is 5.97 Å². The van der Waals surface area contributed by atoms with Crippen LogP contribution < -0.4 is 0 Å². The molecule has 6 nitrogen and oxygen atoms in total. The van der Waals surface area contributed by atoms with Gasteiger partial charge in [-0.25, -0.2) is 4.79 Å². The van der Waals surface area contributed by atoms with Crippen molar-refractivity contribution in [3.05, 3.63) is 12.2 Å². The third kappa shape index (κ3) is 29.0. The Morgan fingerprint density at radius 1 is 0.576 bits per heavy atom. The molecule has 0 atom stereocenters. The molecule has 0 saturated carbocycles. The van der Waals surface area contributed by atoms with Gasteiger partial charge in [-0.1, -0.05) is 90.0 Å². The molecule has 0 rings (SSSR count). The van der Waals surface area contributed by atoms with Gasteiger partial charge in [0.25, 0.3) is 0 Å². The van der Waals surface area contributed by atoms with Crippen LogP contribution in [0.15, 0.2) is 12.2 Å². The highest BCUT2D eigenvalue weighted by atomic mass is 16.6. The fraction of sp³-hybridized carbons (Fsp3) is 0.889. The zero-order valence-corrected chi connectivity index (χ0v) is 21.7. The van der Waals surface area contributed by atoms with E-state index in [1.165, 1.54) is 83.1 Å². The SMILES string of the molecule is CCCCCCCCCCCCCCCC=CC(=O)OCCOCCOCCOCCOC. The van der Waals surface area contributed by atoms with Gasteiger partial charge in [0.05, 0.1) is 46.2 Å². The maximum absolute atomic E-state index is 11.6. The standard InChI is InChI=1S/C27H52O6/c1-3-4-5-6-7-8-9-10-11-12-13-14-15-16-17-18-27(28)33-26-25-32-24-23-31-22-21-30-20-19-29-2/h17-18H,3-16,19-26H2,1-2H3. The van der Waals surface area contributed by atoms with Gasteiger partial charge in [0, 0.05) is 13.2 Å². The van der Waals surface area contributed by atoms with Gasteiger partial charge in [-0.3, -0.25) is 0 Å². The highest BCUT2D eigenvalue weighted by Gasteiger charge is 1.98. The van der Waals surface area contributed by atoms with Crippen LogP contribution in [-0.4, -0.2) is 65.9 Å². The molecule has 0 bridgehead atoms. The van der Waals surface area contributed by atoms with E-state index in [9.17, 15) is 4.79 Å². The van der Waals surface area contributed by atoms with E-state index in [0.29, 0.717) is 46.2 Å². The van der Waals surface area contributed by atoms with E-state index in [0.717, 1.165) is 12.8 Å². The van der Waals surface area contributed by atoms with Crippen LogP contribution in [0.5, 0.6) is 0 Å². The third-order valence-corrected chi connectivity index (χ3v) is 5.38. The van der Waals surface area contributed by atoms with Crippen LogP contribution in [0.2, 0.25) is 0 Å². The summed E-state index contributed by atoms with van der Waals surface area (Å²) in [5.41, 5.74) is 0. The number of rotatable bonds is 27. The molecule has 0 aromatic rings. The second kappa shape index (κ2) is 29.1. The van der Waals surface area contributed by atoms with E-state index in [1.807, 2.05) is 6.08 Å². The summed E-state index contributed by atoms with van der Waals surface area (Å²) < 4.78 is 26.0. The molecule has 0 radical (unpaired) electrons. The fourth-order valence-electron chi connectivity index (χ4n) is 3.39.